The van der Waals surface area contributed by atoms with Gasteiger partial charge in [-0.1, -0.05) is 31.0 Å². The Hall–Kier alpha value is -2.49. The molecule has 2 N–H and O–H groups in total. The largest absolute Gasteiger partial charge is 0.494 e. The van der Waals surface area contributed by atoms with Gasteiger partial charge in [0.1, 0.15) is 5.75 Å². The van der Waals surface area contributed by atoms with Crippen molar-refractivity contribution in [2.45, 2.75) is 26.7 Å². The molecular formula is C19H24N2O2. The van der Waals surface area contributed by atoms with Crippen molar-refractivity contribution in [3.8, 4) is 5.75 Å². The Kier molecular flexibility index (Phi) is 6.48. The number of anilines is 2. The first-order valence-corrected chi connectivity index (χ1v) is 8.00. The third kappa shape index (κ3) is 6.02. The highest BCUT2D eigenvalue weighted by molar-refractivity contribution is 5.93. The van der Waals surface area contributed by atoms with E-state index in [1.54, 1.807) is 0 Å². The number of rotatable bonds is 8. The molecule has 0 unspecified atom stereocenters. The Balaban J connectivity index is 1.77. The third-order valence-corrected chi connectivity index (χ3v) is 3.41. The molecule has 0 aliphatic carbocycles. The third-order valence-electron chi connectivity index (χ3n) is 3.41. The Morgan fingerprint density at radius 2 is 1.65 bits per heavy atom. The fraction of sp³-hybridized carbons (Fsp3) is 0.316. The van der Waals surface area contributed by atoms with Crippen molar-refractivity contribution < 1.29 is 9.53 Å². The zero-order valence-corrected chi connectivity index (χ0v) is 13.8. The molecule has 0 aliphatic rings. The molecule has 23 heavy (non-hydrogen) atoms. The van der Waals surface area contributed by atoms with Gasteiger partial charge in [0.05, 0.1) is 13.2 Å². The summed E-state index contributed by atoms with van der Waals surface area (Å²) in [5.41, 5.74) is 2.90. The lowest BCUT2D eigenvalue weighted by molar-refractivity contribution is -0.114. The molecule has 122 valence electrons. The summed E-state index contributed by atoms with van der Waals surface area (Å²) in [5.74, 6) is 0.749. The first-order chi connectivity index (χ1) is 11.2. The van der Waals surface area contributed by atoms with Crippen LogP contribution in [0.25, 0.3) is 0 Å². The topological polar surface area (TPSA) is 50.4 Å². The van der Waals surface area contributed by atoms with Gasteiger partial charge in [0.25, 0.3) is 0 Å². The number of carbonyl (C=O) groups is 1. The average molecular weight is 312 g/mol. The van der Waals surface area contributed by atoms with Crippen LogP contribution in [0.1, 0.15) is 25.3 Å². The summed E-state index contributed by atoms with van der Waals surface area (Å²) in [7, 11) is 0. The Labute approximate surface area is 137 Å². The fourth-order valence-electron chi connectivity index (χ4n) is 2.03. The van der Waals surface area contributed by atoms with Crippen LogP contribution in [0.5, 0.6) is 5.75 Å². The maximum Gasteiger partial charge on any atom is 0.243 e. The summed E-state index contributed by atoms with van der Waals surface area (Å²) in [6.07, 6.45) is 2.16. The quantitative estimate of drug-likeness (QED) is 0.717. The van der Waals surface area contributed by atoms with Gasteiger partial charge in [-0.15, -0.1) is 0 Å². The van der Waals surface area contributed by atoms with Gasteiger partial charge < -0.3 is 15.4 Å². The highest BCUT2D eigenvalue weighted by Crippen LogP contribution is 2.16. The lowest BCUT2D eigenvalue weighted by atomic mass is 10.2. The standard InChI is InChI=1S/C19H24N2O2/c1-3-4-13-23-18-11-9-17(10-12-18)21-19(22)14-20-16-7-5-15(2)6-8-16/h5-12,20H,3-4,13-14H2,1-2H3,(H,21,22). The van der Waals surface area contributed by atoms with Gasteiger partial charge in [-0.3, -0.25) is 4.79 Å². The van der Waals surface area contributed by atoms with Crippen LogP contribution in [0.3, 0.4) is 0 Å². The molecule has 0 radical (unpaired) electrons. The molecule has 2 aromatic carbocycles. The molecule has 0 aliphatic heterocycles. The Morgan fingerprint density at radius 3 is 2.30 bits per heavy atom. The molecule has 4 heteroatoms. The molecular weight excluding hydrogens is 288 g/mol. The number of ether oxygens (including phenoxy) is 1. The number of amides is 1. The maximum absolute atomic E-state index is 11.9. The number of benzene rings is 2. The van der Waals surface area contributed by atoms with Gasteiger partial charge in [-0.05, 0) is 49.7 Å². The smallest absolute Gasteiger partial charge is 0.243 e. The van der Waals surface area contributed by atoms with Crippen molar-refractivity contribution in [2.75, 3.05) is 23.8 Å². The van der Waals surface area contributed by atoms with E-state index >= 15 is 0 Å². The van der Waals surface area contributed by atoms with E-state index < -0.39 is 0 Å². The zero-order chi connectivity index (χ0) is 16.5. The van der Waals surface area contributed by atoms with Crippen LogP contribution in [0.15, 0.2) is 48.5 Å². The van der Waals surface area contributed by atoms with Crippen LogP contribution in [0, 0.1) is 6.92 Å². The van der Waals surface area contributed by atoms with Crippen LogP contribution < -0.4 is 15.4 Å². The highest BCUT2D eigenvalue weighted by atomic mass is 16.5. The second-order valence-electron chi connectivity index (χ2n) is 5.49. The van der Waals surface area contributed by atoms with E-state index in [1.165, 1.54) is 5.56 Å². The van der Waals surface area contributed by atoms with Crippen molar-refractivity contribution in [3.63, 3.8) is 0 Å². The predicted molar refractivity (Wildman–Crippen MR) is 95.1 cm³/mol. The van der Waals surface area contributed by atoms with Crippen LogP contribution in [-0.4, -0.2) is 19.1 Å². The number of nitrogens with one attached hydrogen (secondary N) is 2. The molecule has 2 rings (SSSR count). The number of unbranched alkanes of at least 4 members (excludes halogenated alkanes) is 1. The van der Waals surface area contributed by atoms with E-state index in [4.69, 9.17) is 4.74 Å². The van der Waals surface area contributed by atoms with E-state index in [1.807, 2.05) is 55.5 Å². The molecule has 0 atom stereocenters. The second kappa shape index (κ2) is 8.83. The molecule has 2 aromatic rings. The van der Waals surface area contributed by atoms with Gasteiger partial charge in [0.2, 0.25) is 5.91 Å². The van der Waals surface area contributed by atoms with E-state index in [0.717, 1.165) is 36.6 Å². The predicted octanol–water partition coefficient (Wildman–Crippen LogP) is 4.22. The molecule has 1 amide bonds. The van der Waals surface area contributed by atoms with Gasteiger partial charge >= 0.3 is 0 Å². The lowest BCUT2D eigenvalue weighted by Gasteiger charge is -2.09. The fourth-order valence-corrected chi connectivity index (χ4v) is 2.03. The van der Waals surface area contributed by atoms with Crippen LogP contribution in [0.4, 0.5) is 11.4 Å². The Bertz CT molecular complexity index is 606. The number of aryl methyl sites for hydroxylation is 1. The summed E-state index contributed by atoms with van der Waals surface area (Å²) in [6, 6.07) is 15.4. The van der Waals surface area contributed by atoms with E-state index in [0.29, 0.717) is 0 Å². The molecule has 0 heterocycles. The van der Waals surface area contributed by atoms with Gasteiger partial charge in [-0.25, -0.2) is 0 Å². The SMILES string of the molecule is CCCCOc1ccc(NC(=O)CNc2ccc(C)cc2)cc1. The van der Waals surface area contributed by atoms with E-state index in [-0.39, 0.29) is 12.5 Å². The summed E-state index contributed by atoms with van der Waals surface area (Å²) in [6.45, 7) is 5.12. The van der Waals surface area contributed by atoms with Crippen molar-refractivity contribution in [2.24, 2.45) is 0 Å². The summed E-state index contributed by atoms with van der Waals surface area (Å²) < 4.78 is 5.60. The van der Waals surface area contributed by atoms with E-state index in [9.17, 15) is 4.79 Å². The molecule has 0 spiro atoms. The molecule has 4 nitrogen and oxygen atoms in total. The molecule has 0 saturated carbocycles. The minimum absolute atomic E-state index is 0.0785. The van der Waals surface area contributed by atoms with Gasteiger partial charge in [-0.2, -0.15) is 0 Å². The minimum Gasteiger partial charge on any atom is -0.494 e. The minimum atomic E-state index is -0.0785. The maximum atomic E-state index is 11.9. The first kappa shape index (κ1) is 16.9. The molecule has 0 fully saturated rings. The second-order valence-corrected chi connectivity index (χ2v) is 5.49. The first-order valence-electron chi connectivity index (χ1n) is 8.00. The van der Waals surface area contributed by atoms with Crippen molar-refractivity contribution in [3.05, 3.63) is 54.1 Å². The number of hydrogen-bond acceptors (Lipinski definition) is 3. The number of hydrogen-bond donors (Lipinski definition) is 2. The molecule has 0 aromatic heterocycles. The van der Waals surface area contributed by atoms with Crippen molar-refractivity contribution >= 4 is 17.3 Å². The molecule has 0 saturated heterocycles. The van der Waals surface area contributed by atoms with Crippen molar-refractivity contribution in [1.82, 2.24) is 0 Å². The van der Waals surface area contributed by atoms with Crippen molar-refractivity contribution in [1.29, 1.82) is 0 Å². The normalized spacial score (nSPS) is 10.2. The number of carbonyl (C=O) groups excluding carboxylic acids is 1. The summed E-state index contributed by atoms with van der Waals surface area (Å²) >= 11 is 0. The zero-order valence-electron chi connectivity index (χ0n) is 13.8. The van der Waals surface area contributed by atoms with Crippen LogP contribution >= 0.6 is 0 Å². The average Bonchev–Trinajstić information content (AvgIpc) is 2.56. The van der Waals surface area contributed by atoms with Crippen LogP contribution in [-0.2, 0) is 4.79 Å². The van der Waals surface area contributed by atoms with E-state index in [2.05, 4.69) is 17.6 Å². The summed E-state index contributed by atoms with van der Waals surface area (Å²) in [4.78, 5) is 11.9. The van der Waals surface area contributed by atoms with Gasteiger partial charge in [0.15, 0.2) is 0 Å². The Morgan fingerprint density at radius 1 is 1.00 bits per heavy atom. The lowest BCUT2D eigenvalue weighted by Crippen LogP contribution is -2.21. The van der Waals surface area contributed by atoms with Crippen LogP contribution in [0.2, 0.25) is 0 Å². The summed E-state index contributed by atoms with van der Waals surface area (Å²) in [5, 5.41) is 5.96. The molecule has 0 bridgehead atoms. The van der Waals surface area contributed by atoms with Gasteiger partial charge in [0, 0.05) is 11.4 Å². The monoisotopic (exact) mass is 312 g/mol. The highest BCUT2D eigenvalue weighted by Gasteiger charge is 2.03.